The Labute approximate surface area is 157 Å². The van der Waals surface area contributed by atoms with Gasteiger partial charge in [0.25, 0.3) is 0 Å². The minimum atomic E-state index is -4.08. The molecule has 0 saturated carbocycles. The molecule has 0 saturated heterocycles. The van der Waals surface area contributed by atoms with Gasteiger partial charge >= 0.3 is 10.1 Å². The standard InChI is InChI=1S/C12H5Br3Cl2O3S/c13-6-3-8(14)12(9(15)4-6)20-21(18,19)11-2-1-7(16)5-10(11)17/h1-5H. The Morgan fingerprint density at radius 1 is 0.952 bits per heavy atom. The van der Waals surface area contributed by atoms with Crippen molar-refractivity contribution in [1.29, 1.82) is 0 Å². The minimum Gasteiger partial charge on any atom is -0.376 e. The lowest BCUT2D eigenvalue weighted by atomic mass is 10.3. The van der Waals surface area contributed by atoms with Crippen LogP contribution < -0.4 is 4.18 Å². The predicted molar refractivity (Wildman–Crippen MR) is 93.8 cm³/mol. The smallest absolute Gasteiger partial charge is 0.340 e. The number of benzene rings is 2. The summed E-state index contributed by atoms with van der Waals surface area (Å²) in [6.45, 7) is 0. The lowest BCUT2D eigenvalue weighted by Gasteiger charge is -2.12. The highest BCUT2D eigenvalue weighted by Gasteiger charge is 2.23. The maximum atomic E-state index is 12.3. The van der Waals surface area contributed by atoms with Crippen molar-refractivity contribution in [2.45, 2.75) is 4.90 Å². The van der Waals surface area contributed by atoms with Gasteiger partial charge in [-0.1, -0.05) is 39.1 Å². The summed E-state index contributed by atoms with van der Waals surface area (Å²) in [5.74, 6) is 0.129. The lowest BCUT2D eigenvalue weighted by molar-refractivity contribution is 0.483. The number of hydrogen-bond acceptors (Lipinski definition) is 3. The number of hydrogen-bond donors (Lipinski definition) is 0. The minimum absolute atomic E-state index is 0.00754. The molecular weight excluding hydrogens is 535 g/mol. The van der Waals surface area contributed by atoms with E-state index in [2.05, 4.69) is 47.8 Å². The molecule has 0 spiro atoms. The van der Waals surface area contributed by atoms with Crippen LogP contribution in [0.15, 0.2) is 48.6 Å². The molecule has 2 aromatic carbocycles. The second-order valence-corrected chi connectivity index (χ2v) is 8.79. The van der Waals surface area contributed by atoms with E-state index in [-0.39, 0.29) is 15.7 Å². The van der Waals surface area contributed by atoms with E-state index in [1.807, 2.05) is 0 Å². The zero-order chi connectivity index (χ0) is 15.8. The molecule has 0 heterocycles. The molecule has 0 aliphatic heterocycles. The topological polar surface area (TPSA) is 43.4 Å². The van der Waals surface area contributed by atoms with Crippen LogP contribution in [0, 0.1) is 0 Å². The van der Waals surface area contributed by atoms with Gasteiger partial charge in [0.2, 0.25) is 0 Å². The highest BCUT2D eigenvalue weighted by Crippen LogP contribution is 2.38. The molecule has 2 aromatic rings. The van der Waals surface area contributed by atoms with Crippen molar-refractivity contribution < 1.29 is 12.6 Å². The summed E-state index contributed by atoms with van der Waals surface area (Å²) < 4.78 is 31.5. The SMILES string of the molecule is O=S(=O)(Oc1c(Br)cc(Br)cc1Br)c1ccc(Cl)cc1Cl. The van der Waals surface area contributed by atoms with Gasteiger partial charge in [0.15, 0.2) is 5.75 Å². The van der Waals surface area contributed by atoms with Gasteiger partial charge < -0.3 is 4.18 Å². The van der Waals surface area contributed by atoms with Crippen molar-refractivity contribution in [2.75, 3.05) is 0 Å². The first-order valence-electron chi connectivity index (χ1n) is 5.25. The maximum Gasteiger partial charge on any atom is 0.340 e. The second-order valence-electron chi connectivity index (χ2n) is 3.81. The Bertz CT molecular complexity index is 786. The second kappa shape index (κ2) is 6.76. The van der Waals surface area contributed by atoms with E-state index in [4.69, 9.17) is 27.4 Å². The molecular formula is C12H5Br3Cl2O3S. The summed E-state index contributed by atoms with van der Waals surface area (Å²) in [6, 6.07) is 7.39. The molecule has 9 heteroatoms. The summed E-state index contributed by atoms with van der Waals surface area (Å²) >= 11 is 21.5. The van der Waals surface area contributed by atoms with Gasteiger partial charge in [0.05, 0.1) is 14.0 Å². The van der Waals surface area contributed by atoms with Crippen molar-refractivity contribution in [2.24, 2.45) is 0 Å². The highest BCUT2D eigenvalue weighted by molar-refractivity contribution is 9.11. The van der Waals surface area contributed by atoms with E-state index >= 15 is 0 Å². The van der Waals surface area contributed by atoms with E-state index in [0.29, 0.717) is 14.0 Å². The Hall–Kier alpha value is 0.210. The zero-order valence-electron chi connectivity index (χ0n) is 9.91. The third kappa shape index (κ3) is 4.14. The average Bonchev–Trinajstić information content (AvgIpc) is 2.33. The molecule has 0 aliphatic rings. The van der Waals surface area contributed by atoms with E-state index in [9.17, 15) is 8.42 Å². The summed E-state index contributed by atoms with van der Waals surface area (Å²) in [4.78, 5) is -0.157. The summed E-state index contributed by atoms with van der Waals surface area (Å²) in [5.41, 5.74) is 0. The summed E-state index contributed by atoms with van der Waals surface area (Å²) in [7, 11) is -4.08. The number of rotatable bonds is 3. The predicted octanol–water partition coefficient (Wildman–Crippen LogP) is 6.05. The van der Waals surface area contributed by atoms with Crippen LogP contribution in [0.5, 0.6) is 5.75 Å². The van der Waals surface area contributed by atoms with Crippen molar-refractivity contribution in [1.82, 2.24) is 0 Å². The molecule has 2 rings (SSSR count). The van der Waals surface area contributed by atoms with E-state index in [1.165, 1.54) is 18.2 Å². The van der Waals surface area contributed by atoms with Crippen molar-refractivity contribution in [3.8, 4) is 5.75 Å². The first-order chi connectivity index (χ1) is 9.70. The highest BCUT2D eigenvalue weighted by atomic mass is 79.9. The fraction of sp³-hybridized carbons (Fsp3) is 0. The quantitative estimate of drug-likeness (QED) is 0.446. The molecule has 112 valence electrons. The van der Waals surface area contributed by atoms with Gasteiger partial charge in [0.1, 0.15) is 4.90 Å². The van der Waals surface area contributed by atoms with E-state index in [1.54, 1.807) is 12.1 Å². The molecule has 0 bridgehead atoms. The van der Waals surface area contributed by atoms with Crippen LogP contribution in [0.3, 0.4) is 0 Å². The van der Waals surface area contributed by atoms with Gasteiger partial charge in [0, 0.05) is 9.50 Å². The first-order valence-corrected chi connectivity index (χ1v) is 9.79. The lowest BCUT2D eigenvalue weighted by Crippen LogP contribution is -2.11. The van der Waals surface area contributed by atoms with E-state index < -0.39 is 10.1 Å². The fourth-order valence-corrected chi connectivity index (χ4v) is 5.79. The van der Waals surface area contributed by atoms with Crippen LogP contribution >= 0.6 is 71.0 Å². The molecule has 0 aliphatic carbocycles. The Balaban J connectivity index is 2.47. The summed E-state index contributed by atoms with van der Waals surface area (Å²) in [6.07, 6.45) is 0. The van der Waals surface area contributed by atoms with Gasteiger partial charge in [-0.05, 0) is 62.2 Å². The van der Waals surface area contributed by atoms with Crippen LogP contribution in [-0.2, 0) is 10.1 Å². The molecule has 0 unspecified atom stereocenters. The van der Waals surface area contributed by atoms with Gasteiger partial charge in [-0.25, -0.2) is 0 Å². The molecule has 0 aromatic heterocycles. The molecule has 0 radical (unpaired) electrons. The van der Waals surface area contributed by atoms with E-state index in [0.717, 1.165) is 4.47 Å². The van der Waals surface area contributed by atoms with Crippen LogP contribution in [-0.4, -0.2) is 8.42 Å². The fourth-order valence-electron chi connectivity index (χ4n) is 1.44. The average molecular weight is 540 g/mol. The third-order valence-corrected chi connectivity index (χ3v) is 5.90. The van der Waals surface area contributed by atoms with Gasteiger partial charge in [-0.15, -0.1) is 0 Å². The van der Waals surface area contributed by atoms with Gasteiger partial charge in [-0.2, -0.15) is 8.42 Å². The zero-order valence-corrected chi connectivity index (χ0v) is 17.0. The molecule has 3 nitrogen and oxygen atoms in total. The molecule has 0 atom stereocenters. The first kappa shape index (κ1) is 17.6. The normalized spacial score (nSPS) is 11.5. The molecule has 0 N–H and O–H groups in total. The van der Waals surface area contributed by atoms with Crippen LogP contribution in [0.4, 0.5) is 0 Å². The maximum absolute atomic E-state index is 12.3. The molecule has 21 heavy (non-hydrogen) atoms. The molecule has 0 fully saturated rings. The van der Waals surface area contributed by atoms with Crippen LogP contribution in [0.1, 0.15) is 0 Å². The van der Waals surface area contributed by atoms with Crippen molar-refractivity contribution in [3.05, 3.63) is 53.8 Å². The Kier molecular flexibility index (Phi) is 5.66. The Morgan fingerprint density at radius 3 is 2.05 bits per heavy atom. The monoisotopic (exact) mass is 536 g/mol. The van der Waals surface area contributed by atoms with Crippen LogP contribution in [0.25, 0.3) is 0 Å². The molecule has 0 amide bonds. The van der Waals surface area contributed by atoms with Gasteiger partial charge in [-0.3, -0.25) is 0 Å². The van der Waals surface area contributed by atoms with Crippen molar-refractivity contribution in [3.63, 3.8) is 0 Å². The van der Waals surface area contributed by atoms with Crippen LogP contribution in [0.2, 0.25) is 10.0 Å². The summed E-state index contributed by atoms with van der Waals surface area (Å²) in [5, 5.41) is 0.330. The van der Waals surface area contributed by atoms with Crippen molar-refractivity contribution >= 4 is 81.1 Å². The Morgan fingerprint density at radius 2 is 1.52 bits per heavy atom. The largest absolute Gasteiger partial charge is 0.376 e. The third-order valence-electron chi connectivity index (χ3n) is 2.32. The number of halogens is 5.